The Kier molecular flexibility index (Phi) is 5.75. The van der Waals surface area contributed by atoms with Crippen LogP contribution < -0.4 is 0 Å². The van der Waals surface area contributed by atoms with Gasteiger partial charge in [-0.15, -0.1) is 0 Å². The van der Waals surface area contributed by atoms with Crippen LogP contribution in [0.1, 0.15) is 18.9 Å². The SMILES string of the molecule is CCCO[C@@H](Cc1ccc(Cl)c(Cl)c1)C(=O)O. The van der Waals surface area contributed by atoms with Gasteiger partial charge in [0.25, 0.3) is 0 Å². The van der Waals surface area contributed by atoms with Crippen LogP contribution in [0.5, 0.6) is 0 Å². The molecule has 5 heteroatoms. The third-order valence-electron chi connectivity index (χ3n) is 2.20. The molecule has 0 aliphatic carbocycles. The van der Waals surface area contributed by atoms with E-state index in [0.29, 0.717) is 16.7 Å². The van der Waals surface area contributed by atoms with E-state index in [1.165, 1.54) is 0 Å². The standard InChI is InChI=1S/C12H14Cl2O3/c1-2-5-17-11(12(15)16)7-8-3-4-9(13)10(14)6-8/h3-4,6,11H,2,5,7H2,1H3,(H,15,16)/t11-/m0/s1. The molecular weight excluding hydrogens is 263 g/mol. The Balaban J connectivity index is 2.71. The van der Waals surface area contributed by atoms with E-state index in [0.717, 1.165) is 12.0 Å². The summed E-state index contributed by atoms with van der Waals surface area (Å²) in [5.41, 5.74) is 0.794. The highest BCUT2D eigenvalue weighted by Crippen LogP contribution is 2.23. The molecule has 1 atom stereocenters. The molecule has 0 radical (unpaired) electrons. The summed E-state index contributed by atoms with van der Waals surface area (Å²) in [5, 5.41) is 9.88. The highest BCUT2D eigenvalue weighted by Gasteiger charge is 2.18. The second-order valence-electron chi connectivity index (χ2n) is 3.65. The van der Waals surface area contributed by atoms with Crippen LogP contribution in [0, 0.1) is 0 Å². The first kappa shape index (κ1) is 14.3. The number of rotatable bonds is 6. The average Bonchev–Trinajstić information content (AvgIpc) is 2.28. The van der Waals surface area contributed by atoms with Gasteiger partial charge in [0, 0.05) is 13.0 Å². The molecule has 3 nitrogen and oxygen atoms in total. The van der Waals surface area contributed by atoms with E-state index in [-0.39, 0.29) is 6.42 Å². The van der Waals surface area contributed by atoms with Gasteiger partial charge in [0.05, 0.1) is 10.0 Å². The third kappa shape index (κ3) is 4.54. The lowest BCUT2D eigenvalue weighted by molar-refractivity contribution is -0.150. The molecular formula is C12H14Cl2O3. The molecule has 0 aliphatic heterocycles. The topological polar surface area (TPSA) is 46.5 Å². The highest BCUT2D eigenvalue weighted by atomic mass is 35.5. The number of carbonyl (C=O) groups is 1. The molecule has 94 valence electrons. The van der Waals surface area contributed by atoms with Gasteiger partial charge in [-0.3, -0.25) is 0 Å². The molecule has 0 heterocycles. The predicted octanol–water partition coefficient (Wildman–Crippen LogP) is 3.42. The maximum atomic E-state index is 11.0. The van der Waals surface area contributed by atoms with Crippen LogP contribution in [0.3, 0.4) is 0 Å². The van der Waals surface area contributed by atoms with Crippen molar-refractivity contribution in [3.63, 3.8) is 0 Å². The molecule has 1 N–H and O–H groups in total. The molecule has 1 aromatic rings. The van der Waals surface area contributed by atoms with Crippen LogP contribution in [0.25, 0.3) is 0 Å². The molecule has 0 aromatic heterocycles. The highest BCUT2D eigenvalue weighted by molar-refractivity contribution is 6.42. The summed E-state index contributed by atoms with van der Waals surface area (Å²) in [4.78, 5) is 11.0. The monoisotopic (exact) mass is 276 g/mol. The van der Waals surface area contributed by atoms with Crippen molar-refractivity contribution in [1.29, 1.82) is 0 Å². The fourth-order valence-electron chi connectivity index (χ4n) is 1.36. The Morgan fingerprint density at radius 2 is 2.12 bits per heavy atom. The molecule has 0 amide bonds. The minimum atomic E-state index is -0.968. The second kappa shape index (κ2) is 6.84. The van der Waals surface area contributed by atoms with E-state index in [2.05, 4.69) is 0 Å². The Morgan fingerprint density at radius 1 is 1.41 bits per heavy atom. The summed E-state index contributed by atoms with van der Waals surface area (Å²) in [6, 6.07) is 5.06. The number of halogens is 2. The number of benzene rings is 1. The number of ether oxygens (including phenoxy) is 1. The lowest BCUT2D eigenvalue weighted by Crippen LogP contribution is -2.26. The van der Waals surface area contributed by atoms with Crippen molar-refractivity contribution < 1.29 is 14.6 Å². The van der Waals surface area contributed by atoms with Crippen molar-refractivity contribution in [2.75, 3.05) is 6.61 Å². The van der Waals surface area contributed by atoms with E-state index < -0.39 is 12.1 Å². The normalized spacial score (nSPS) is 12.4. The van der Waals surface area contributed by atoms with Crippen LogP contribution in [-0.4, -0.2) is 23.8 Å². The summed E-state index contributed by atoms with van der Waals surface area (Å²) < 4.78 is 5.25. The summed E-state index contributed by atoms with van der Waals surface area (Å²) in [5.74, 6) is -0.968. The molecule has 0 spiro atoms. The minimum Gasteiger partial charge on any atom is -0.479 e. The van der Waals surface area contributed by atoms with Crippen LogP contribution in [-0.2, 0) is 16.0 Å². The minimum absolute atomic E-state index is 0.284. The van der Waals surface area contributed by atoms with Gasteiger partial charge in [0.1, 0.15) is 0 Å². The molecule has 0 bridgehead atoms. The maximum absolute atomic E-state index is 11.0. The zero-order valence-electron chi connectivity index (χ0n) is 9.45. The quantitative estimate of drug-likeness (QED) is 0.866. The van der Waals surface area contributed by atoms with Crippen molar-refractivity contribution >= 4 is 29.2 Å². The molecule has 1 rings (SSSR count). The lowest BCUT2D eigenvalue weighted by Gasteiger charge is -2.13. The largest absolute Gasteiger partial charge is 0.479 e. The maximum Gasteiger partial charge on any atom is 0.333 e. The first-order chi connectivity index (χ1) is 8.04. The first-order valence-electron chi connectivity index (χ1n) is 5.33. The second-order valence-corrected chi connectivity index (χ2v) is 4.46. The average molecular weight is 277 g/mol. The van der Waals surface area contributed by atoms with Gasteiger partial charge in [-0.25, -0.2) is 4.79 Å². The number of aliphatic carboxylic acids is 1. The van der Waals surface area contributed by atoms with E-state index in [1.54, 1.807) is 18.2 Å². The summed E-state index contributed by atoms with van der Waals surface area (Å²) in [6.07, 6.45) is 0.226. The first-order valence-corrected chi connectivity index (χ1v) is 6.08. The Bertz CT molecular complexity index is 393. The van der Waals surface area contributed by atoms with Crippen molar-refractivity contribution in [3.8, 4) is 0 Å². The molecule has 0 unspecified atom stereocenters. The Morgan fingerprint density at radius 3 is 2.65 bits per heavy atom. The lowest BCUT2D eigenvalue weighted by atomic mass is 10.1. The summed E-state index contributed by atoms with van der Waals surface area (Å²) in [7, 11) is 0. The molecule has 0 fully saturated rings. The van der Waals surface area contributed by atoms with Gasteiger partial charge in [0.2, 0.25) is 0 Å². The van der Waals surface area contributed by atoms with Crippen LogP contribution in [0.2, 0.25) is 10.0 Å². The van der Waals surface area contributed by atoms with Crippen molar-refractivity contribution in [1.82, 2.24) is 0 Å². The number of hydrogen-bond acceptors (Lipinski definition) is 2. The van der Waals surface area contributed by atoms with Crippen molar-refractivity contribution in [2.24, 2.45) is 0 Å². The Labute approximate surface area is 110 Å². The fraction of sp³-hybridized carbons (Fsp3) is 0.417. The third-order valence-corrected chi connectivity index (χ3v) is 2.94. The Hall–Kier alpha value is -0.770. The predicted molar refractivity (Wildman–Crippen MR) is 67.8 cm³/mol. The van der Waals surface area contributed by atoms with Crippen molar-refractivity contribution in [2.45, 2.75) is 25.9 Å². The zero-order valence-corrected chi connectivity index (χ0v) is 11.0. The van der Waals surface area contributed by atoms with E-state index in [1.807, 2.05) is 6.92 Å². The van der Waals surface area contributed by atoms with Gasteiger partial charge in [-0.2, -0.15) is 0 Å². The number of carboxylic acids is 1. The fourth-order valence-corrected chi connectivity index (χ4v) is 1.68. The van der Waals surface area contributed by atoms with Gasteiger partial charge in [-0.05, 0) is 24.1 Å². The van der Waals surface area contributed by atoms with Gasteiger partial charge >= 0.3 is 5.97 Å². The molecule has 0 aliphatic rings. The van der Waals surface area contributed by atoms with Gasteiger partial charge in [0.15, 0.2) is 6.10 Å². The van der Waals surface area contributed by atoms with Crippen LogP contribution in [0.15, 0.2) is 18.2 Å². The smallest absolute Gasteiger partial charge is 0.333 e. The molecule has 0 saturated carbocycles. The number of carboxylic acid groups (broad SMARTS) is 1. The van der Waals surface area contributed by atoms with Crippen LogP contribution >= 0.6 is 23.2 Å². The number of hydrogen-bond donors (Lipinski definition) is 1. The summed E-state index contributed by atoms with van der Waals surface area (Å²) in [6.45, 7) is 2.36. The molecule has 0 saturated heterocycles. The van der Waals surface area contributed by atoms with Gasteiger partial charge < -0.3 is 9.84 Å². The molecule has 17 heavy (non-hydrogen) atoms. The van der Waals surface area contributed by atoms with E-state index >= 15 is 0 Å². The van der Waals surface area contributed by atoms with E-state index in [9.17, 15) is 4.79 Å². The van der Waals surface area contributed by atoms with Gasteiger partial charge in [-0.1, -0.05) is 36.2 Å². The zero-order chi connectivity index (χ0) is 12.8. The molecule has 1 aromatic carbocycles. The van der Waals surface area contributed by atoms with Crippen molar-refractivity contribution in [3.05, 3.63) is 33.8 Å². The summed E-state index contributed by atoms with van der Waals surface area (Å²) >= 11 is 11.6. The van der Waals surface area contributed by atoms with Crippen LogP contribution in [0.4, 0.5) is 0 Å². The van der Waals surface area contributed by atoms with E-state index in [4.69, 9.17) is 33.0 Å².